The largest absolute Gasteiger partial charge is 0.497 e. The summed E-state index contributed by atoms with van der Waals surface area (Å²) in [5, 5.41) is 9.18. The fraction of sp³-hybridized carbons (Fsp3) is 0.278. The highest BCUT2D eigenvalue weighted by Gasteiger charge is 2.12. The topological polar surface area (TPSA) is 42.2 Å². The molecule has 1 aliphatic rings. The summed E-state index contributed by atoms with van der Waals surface area (Å²) in [6.07, 6.45) is 4.76. The van der Waals surface area contributed by atoms with Crippen molar-refractivity contribution in [3.63, 3.8) is 0 Å². The third-order valence-corrected chi connectivity index (χ3v) is 3.86. The maximum absolute atomic E-state index is 9.18. The van der Waals surface area contributed by atoms with Gasteiger partial charge in [-0.3, -0.25) is 0 Å². The first kappa shape index (κ1) is 13.5. The number of rotatable bonds is 3. The first-order valence-electron chi connectivity index (χ1n) is 7.18. The second-order valence-corrected chi connectivity index (χ2v) is 5.21. The molecule has 0 spiro atoms. The van der Waals surface area contributed by atoms with Crippen LogP contribution in [0.2, 0.25) is 0 Å². The van der Waals surface area contributed by atoms with E-state index in [-0.39, 0.29) is 0 Å². The standard InChI is InChI=1S/C18H17NO2/c1-20-16-8-7-15(12-19)18(11-16)21-17-9-6-13-4-2-3-5-14(13)10-17/h6-11H,2-5H2,1H3. The first-order chi connectivity index (χ1) is 10.3. The lowest BCUT2D eigenvalue weighted by atomic mass is 9.92. The van der Waals surface area contributed by atoms with Gasteiger partial charge in [0.2, 0.25) is 0 Å². The van der Waals surface area contributed by atoms with E-state index >= 15 is 0 Å². The van der Waals surface area contributed by atoms with Gasteiger partial charge < -0.3 is 9.47 Å². The Kier molecular flexibility index (Phi) is 3.79. The number of ether oxygens (including phenoxy) is 2. The molecule has 0 aliphatic heterocycles. The number of hydrogen-bond acceptors (Lipinski definition) is 3. The van der Waals surface area contributed by atoms with Gasteiger partial charge in [0, 0.05) is 6.07 Å². The molecule has 0 unspecified atom stereocenters. The number of nitriles is 1. The summed E-state index contributed by atoms with van der Waals surface area (Å²) >= 11 is 0. The monoisotopic (exact) mass is 279 g/mol. The van der Waals surface area contributed by atoms with Crippen LogP contribution in [0, 0.1) is 11.3 Å². The molecule has 21 heavy (non-hydrogen) atoms. The summed E-state index contributed by atoms with van der Waals surface area (Å²) in [4.78, 5) is 0. The van der Waals surface area contributed by atoms with Crippen LogP contribution in [0.15, 0.2) is 36.4 Å². The van der Waals surface area contributed by atoms with Crippen molar-refractivity contribution >= 4 is 0 Å². The summed E-state index contributed by atoms with van der Waals surface area (Å²) in [5.74, 6) is 2.00. The quantitative estimate of drug-likeness (QED) is 0.844. The molecule has 0 radical (unpaired) electrons. The van der Waals surface area contributed by atoms with Gasteiger partial charge in [-0.2, -0.15) is 5.26 Å². The minimum absolute atomic E-state index is 0.508. The lowest BCUT2D eigenvalue weighted by Crippen LogP contribution is -2.02. The molecule has 0 bridgehead atoms. The Morgan fingerprint density at radius 1 is 0.952 bits per heavy atom. The van der Waals surface area contributed by atoms with Gasteiger partial charge in [-0.25, -0.2) is 0 Å². The van der Waals surface area contributed by atoms with Crippen LogP contribution in [-0.4, -0.2) is 7.11 Å². The van der Waals surface area contributed by atoms with Crippen LogP contribution in [0.3, 0.4) is 0 Å². The van der Waals surface area contributed by atoms with Crippen LogP contribution in [-0.2, 0) is 12.8 Å². The van der Waals surface area contributed by atoms with Gasteiger partial charge in [-0.05, 0) is 61.1 Å². The van der Waals surface area contributed by atoms with E-state index in [0.29, 0.717) is 17.1 Å². The summed E-state index contributed by atoms with van der Waals surface area (Å²) in [5.41, 5.74) is 3.29. The molecule has 106 valence electrons. The first-order valence-corrected chi connectivity index (χ1v) is 7.18. The lowest BCUT2D eigenvalue weighted by Gasteiger charge is -2.17. The molecule has 0 aromatic heterocycles. The Morgan fingerprint density at radius 3 is 2.48 bits per heavy atom. The van der Waals surface area contributed by atoms with Gasteiger partial charge in [-0.15, -0.1) is 0 Å². The van der Waals surface area contributed by atoms with E-state index in [2.05, 4.69) is 18.2 Å². The second kappa shape index (κ2) is 5.88. The van der Waals surface area contributed by atoms with E-state index in [9.17, 15) is 5.26 Å². The smallest absolute Gasteiger partial charge is 0.148 e. The van der Waals surface area contributed by atoms with Crippen molar-refractivity contribution in [3.8, 4) is 23.3 Å². The second-order valence-electron chi connectivity index (χ2n) is 5.21. The van der Waals surface area contributed by atoms with Crippen LogP contribution < -0.4 is 9.47 Å². The van der Waals surface area contributed by atoms with Crippen molar-refractivity contribution in [2.45, 2.75) is 25.7 Å². The maximum Gasteiger partial charge on any atom is 0.148 e. The SMILES string of the molecule is COc1ccc(C#N)c(Oc2ccc3c(c2)CCCC3)c1. The highest BCUT2D eigenvalue weighted by atomic mass is 16.5. The molecule has 3 nitrogen and oxygen atoms in total. The fourth-order valence-electron chi connectivity index (χ4n) is 2.71. The molecule has 0 saturated carbocycles. The number of benzene rings is 2. The van der Waals surface area contributed by atoms with Gasteiger partial charge in [0.25, 0.3) is 0 Å². The zero-order valence-electron chi connectivity index (χ0n) is 12.1. The van der Waals surface area contributed by atoms with Crippen LogP contribution in [0.5, 0.6) is 17.2 Å². The van der Waals surface area contributed by atoms with Crippen LogP contribution in [0.25, 0.3) is 0 Å². The molecule has 0 heterocycles. The number of fused-ring (bicyclic) bond motifs is 1. The molecule has 0 N–H and O–H groups in total. The molecule has 3 rings (SSSR count). The molecule has 0 amide bonds. The van der Waals surface area contributed by atoms with E-state index in [1.54, 1.807) is 25.3 Å². The summed E-state index contributed by atoms with van der Waals surface area (Å²) in [6.45, 7) is 0. The molecule has 2 aromatic rings. The molecule has 3 heteroatoms. The van der Waals surface area contributed by atoms with Crippen molar-refractivity contribution in [1.29, 1.82) is 5.26 Å². The molecule has 2 aromatic carbocycles. The summed E-state index contributed by atoms with van der Waals surface area (Å²) in [7, 11) is 1.60. The van der Waals surface area contributed by atoms with Crippen LogP contribution in [0.4, 0.5) is 0 Å². The molecule has 1 aliphatic carbocycles. The zero-order valence-corrected chi connectivity index (χ0v) is 12.1. The van der Waals surface area contributed by atoms with Crippen molar-refractivity contribution in [3.05, 3.63) is 53.1 Å². The van der Waals surface area contributed by atoms with E-state index in [1.807, 2.05) is 6.07 Å². The minimum atomic E-state index is 0.508. The normalized spacial score (nSPS) is 13.1. The van der Waals surface area contributed by atoms with Crippen molar-refractivity contribution < 1.29 is 9.47 Å². The van der Waals surface area contributed by atoms with Crippen molar-refractivity contribution in [1.82, 2.24) is 0 Å². The molecular weight excluding hydrogens is 262 g/mol. The highest BCUT2D eigenvalue weighted by Crippen LogP contribution is 2.31. The Hall–Kier alpha value is -2.47. The average Bonchev–Trinajstić information content (AvgIpc) is 2.54. The third kappa shape index (κ3) is 2.85. The molecule has 0 atom stereocenters. The van der Waals surface area contributed by atoms with Crippen LogP contribution >= 0.6 is 0 Å². The Labute approximate surface area is 124 Å². The third-order valence-electron chi connectivity index (χ3n) is 3.86. The number of aryl methyl sites for hydroxylation is 2. The van der Waals surface area contributed by atoms with Gasteiger partial charge in [0.1, 0.15) is 23.3 Å². The highest BCUT2D eigenvalue weighted by molar-refractivity contribution is 5.50. The van der Waals surface area contributed by atoms with Gasteiger partial charge in [-0.1, -0.05) is 6.07 Å². The van der Waals surface area contributed by atoms with E-state index in [0.717, 1.165) is 18.6 Å². The van der Waals surface area contributed by atoms with E-state index in [4.69, 9.17) is 9.47 Å². The Morgan fingerprint density at radius 2 is 1.71 bits per heavy atom. The fourth-order valence-corrected chi connectivity index (χ4v) is 2.71. The van der Waals surface area contributed by atoms with Crippen molar-refractivity contribution in [2.75, 3.05) is 7.11 Å². The van der Waals surface area contributed by atoms with Crippen LogP contribution in [0.1, 0.15) is 29.5 Å². The van der Waals surface area contributed by atoms with Crippen molar-refractivity contribution in [2.24, 2.45) is 0 Å². The lowest BCUT2D eigenvalue weighted by molar-refractivity contribution is 0.408. The zero-order chi connectivity index (χ0) is 14.7. The number of methoxy groups -OCH3 is 1. The Balaban J connectivity index is 1.91. The van der Waals surface area contributed by atoms with Gasteiger partial charge >= 0.3 is 0 Å². The summed E-state index contributed by atoms with van der Waals surface area (Å²) in [6, 6.07) is 13.6. The number of nitrogens with zero attached hydrogens (tertiary/aromatic N) is 1. The average molecular weight is 279 g/mol. The Bertz CT molecular complexity index is 701. The van der Waals surface area contributed by atoms with E-state index < -0.39 is 0 Å². The molecule has 0 saturated heterocycles. The molecular formula is C18H17NO2. The minimum Gasteiger partial charge on any atom is -0.497 e. The summed E-state index contributed by atoms with van der Waals surface area (Å²) < 4.78 is 11.1. The predicted octanol–water partition coefficient (Wildman–Crippen LogP) is 4.24. The molecule has 0 fully saturated rings. The predicted molar refractivity (Wildman–Crippen MR) is 80.9 cm³/mol. The van der Waals surface area contributed by atoms with Gasteiger partial charge in [0.05, 0.1) is 12.7 Å². The maximum atomic E-state index is 9.18. The van der Waals surface area contributed by atoms with Gasteiger partial charge in [0.15, 0.2) is 0 Å². The number of hydrogen-bond donors (Lipinski definition) is 0. The van der Waals surface area contributed by atoms with E-state index in [1.165, 1.54) is 24.0 Å².